The van der Waals surface area contributed by atoms with E-state index in [-0.39, 0.29) is 11.8 Å². The van der Waals surface area contributed by atoms with Crippen molar-refractivity contribution in [2.45, 2.75) is 25.4 Å². The molecule has 6 heteroatoms. The van der Waals surface area contributed by atoms with Gasteiger partial charge in [-0.05, 0) is 42.8 Å². The molecule has 3 aromatic rings. The van der Waals surface area contributed by atoms with Crippen LogP contribution >= 0.6 is 0 Å². The molecule has 1 aliphatic rings. The fraction of sp³-hybridized carbons (Fsp3) is 0.190. The number of anilines is 1. The van der Waals surface area contributed by atoms with Crippen LogP contribution in [0.2, 0.25) is 0 Å². The summed E-state index contributed by atoms with van der Waals surface area (Å²) in [7, 11) is 0. The van der Waals surface area contributed by atoms with E-state index in [9.17, 15) is 18.0 Å². The molecule has 138 valence electrons. The quantitative estimate of drug-likeness (QED) is 0.656. The van der Waals surface area contributed by atoms with Crippen molar-refractivity contribution in [3.05, 3.63) is 77.0 Å². The topological polar surface area (TPSA) is 42.2 Å². The minimum atomic E-state index is -4.41. The molecule has 0 unspecified atom stereocenters. The number of rotatable bonds is 3. The molecule has 0 radical (unpaired) electrons. The average molecular weight is 371 g/mol. The van der Waals surface area contributed by atoms with Crippen molar-refractivity contribution in [2.75, 3.05) is 5.32 Å². The van der Waals surface area contributed by atoms with Crippen LogP contribution in [-0.4, -0.2) is 5.91 Å². The number of aryl methyl sites for hydroxylation is 1. The standard InChI is InChI=1S/C21H16F3NO2/c1-12-5-7-18-16(9-12)17(20(26)25-18)11-15-6-8-19(27-15)13-3-2-4-14(10-13)21(22,23)24/h2-10,17H,11H2,1H3,(H,25,26)/t17-/m1/s1. The van der Waals surface area contributed by atoms with E-state index in [1.807, 2.05) is 25.1 Å². The van der Waals surface area contributed by atoms with Crippen molar-refractivity contribution in [3.8, 4) is 11.3 Å². The maximum Gasteiger partial charge on any atom is 0.416 e. The van der Waals surface area contributed by atoms with Crippen molar-refractivity contribution < 1.29 is 22.4 Å². The summed E-state index contributed by atoms with van der Waals surface area (Å²) < 4.78 is 44.4. The van der Waals surface area contributed by atoms with Crippen molar-refractivity contribution >= 4 is 11.6 Å². The van der Waals surface area contributed by atoms with Gasteiger partial charge >= 0.3 is 6.18 Å². The zero-order valence-electron chi connectivity index (χ0n) is 14.4. The molecule has 2 heterocycles. The number of fused-ring (bicyclic) bond motifs is 1. The van der Waals surface area contributed by atoms with Gasteiger partial charge in [-0.1, -0.05) is 29.8 Å². The molecule has 2 aromatic carbocycles. The molecule has 0 saturated carbocycles. The van der Waals surface area contributed by atoms with Gasteiger partial charge in [-0.15, -0.1) is 0 Å². The number of amides is 1. The number of alkyl halides is 3. The molecule has 3 nitrogen and oxygen atoms in total. The van der Waals surface area contributed by atoms with Gasteiger partial charge in [-0.3, -0.25) is 4.79 Å². The molecule has 4 rings (SSSR count). The highest BCUT2D eigenvalue weighted by Gasteiger charge is 2.32. The van der Waals surface area contributed by atoms with Gasteiger partial charge in [-0.2, -0.15) is 13.2 Å². The van der Waals surface area contributed by atoms with Gasteiger partial charge in [-0.25, -0.2) is 0 Å². The van der Waals surface area contributed by atoms with Gasteiger partial charge in [0, 0.05) is 17.7 Å². The first-order valence-corrected chi connectivity index (χ1v) is 8.49. The second-order valence-corrected chi connectivity index (χ2v) is 6.68. The van der Waals surface area contributed by atoms with Crippen molar-refractivity contribution in [3.63, 3.8) is 0 Å². The van der Waals surface area contributed by atoms with Crippen LogP contribution in [0.5, 0.6) is 0 Å². The molecular formula is C21H16F3NO2. The van der Waals surface area contributed by atoms with E-state index in [4.69, 9.17) is 4.42 Å². The van der Waals surface area contributed by atoms with E-state index >= 15 is 0 Å². The van der Waals surface area contributed by atoms with Gasteiger partial charge < -0.3 is 9.73 Å². The fourth-order valence-corrected chi connectivity index (χ4v) is 3.34. The molecule has 0 fully saturated rings. The largest absolute Gasteiger partial charge is 0.461 e. The van der Waals surface area contributed by atoms with Gasteiger partial charge in [0.1, 0.15) is 11.5 Å². The van der Waals surface area contributed by atoms with Crippen LogP contribution < -0.4 is 5.32 Å². The van der Waals surface area contributed by atoms with Crippen molar-refractivity contribution in [1.29, 1.82) is 0 Å². The zero-order chi connectivity index (χ0) is 19.2. The highest BCUT2D eigenvalue weighted by molar-refractivity contribution is 6.03. The van der Waals surface area contributed by atoms with E-state index in [1.54, 1.807) is 18.2 Å². The Bertz CT molecular complexity index is 1020. The van der Waals surface area contributed by atoms with Crippen molar-refractivity contribution in [1.82, 2.24) is 0 Å². The minimum Gasteiger partial charge on any atom is -0.461 e. The Morgan fingerprint density at radius 1 is 1.07 bits per heavy atom. The zero-order valence-corrected chi connectivity index (χ0v) is 14.4. The van der Waals surface area contributed by atoms with E-state index in [0.717, 1.165) is 28.9 Å². The number of benzene rings is 2. The monoisotopic (exact) mass is 371 g/mol. The van der Waals surface area contributed by atoms with E-state index < -0.39 is 11.7 Å². The molecule has 27 heavy (non-hydrogen) atoms. The minimum absolute atomic E-state index is 0.104. The lowest BCUT2D eigenvalue weighted by molar-refractivity contribution is -0.137. The molecule has 1 aromatic heterocycles. The van der Waals surface area contributed by atoms with Gasteiger partial charge in [0.2, 0.25) is 5.91 Å². The van der Waals surface area contributed by atoms with E-state index in [0.29, 0.717) is 23.5 Å². The summed E-state index contributed by atoms with van der Waals surface area (Å²) >= 11 is 0. The lowest BCUT2D eigenvalue weighted by Crippen LogP contribution is -2.14. The van der Waals surface area contributed by atoms with Gasteiger partial charge in [0.15, 0.2) is 0 Å². The van der Waals surface area contributed by atoms with Crippen LogP contribution in [0.3, 0.4) is 0 Å². The number of carbonyl (C=O) groups is 1. The molecule has 0 aliphatic carbocycles. The lowest BCUT2D eigenvalue weighted by Gasteiger charge is -2.08. The predicted octanol–water partition coefficient (Wildman–Crippen LogP) is 5.55. The predicted molar refractivity (Wildman–Crippen MR) is 95.4 cm³/mol. The number of hydrogen-bond donors (Lipinski definition) is 1. The molecule has 1 aliphatic heterocycles. The van der Waals surface area contributed by atoms with E-state index in [1.165, 1.54) is 6.07 Å². The third-order valence-corrected chi connectivity index (χ3v) is 4.70. The molecular weight excluding hydrogens is 355 g/mol. The van der Waals surface area contributed by atoms with Crippen LogP contribution in [0.1, 0.15) is 28.4 Å². The Kier molecular flexibility index (Phi) is 4.06. The summed E-state index contributed by atoms with van der Waals surface area (Å²) in [4.78, 5) is 12.3. The molecule has 1 amide bonds. The van der Waals surface area contributed by atoms with Gasteiger partial charge in [0.05, 0.1) is 11.5 Å². The van der Waals surface area contributed by atoms with Crippen LogP contribution in [0, 0.1) is 6.92 Å². The summed E-state index contributed by atoms with van der Waals surface area (Å²) in [6.07, 6.45) is -4.06. The first-order valence-electron chi connectivity index (χ1n) is 8.49. The third kappa shape index (κ3) is 3.35. The molecule has 0 spiro atoms. The summed E-state index contributed by atoms with van der Waals surface area (Å²) in [5, 5.41) is 2.85. The van der Waals surface area contributed by atoms with Gasteiger partial charge in [0.25, 0.3) is 0 Å². The number of carbonyl (C=O) groups excluding carboxylic acids is 1. The third-order valence-electron chi connectivity index (χ3n) is 4.70. The first kappa shape index (κ1) is 17.4. The number of hydrogen-bond acceptors (Lipinski definition) is 2. The summed E-state index contributed by atoms with van der Waals surface area (Å²) in [5.74, 6) is 0.420. The number of halogens is 3. The molecule has 0 bridgehead atoms. The Balaban J connectivity index is 1.60. The maximum absolute atomic E-state index is 12.9. The normalized spacial score (nSPS) is 16.3. The van der Waals surface area contributed by atoms with Crippen LogP contribution in [-0.2, 0) is 17.4 Å². The molecule has 0 saturated heterocycles. The maximum atomic E-state index is 12.9. The fourth-order valence-electron chi connectivity index (χ4n) is 3.34. The second-order valence-electron chi connectivity index (χ2n) is 6.68. The molecule has 1 N–H and O–H groups in total. The van der Waals surface area contributed by atoms with E-state index in [2.05, 4.69) is 5.32 Å². The summed E-state index contributed by atoms with van der Waals surface area (Å²) in [6, 6.07) is 14.1. The summed E-state index contributed by atoms with van der Waals surface area (Å²) in [6.45, 7) is 1.96. The highest BCUT2D eigenvalue weighted by Crippen LogP contribution is 2.37. The smallest absolute Gasteiger partial charge is 0.416 e. The average Bonchev–Trinajstić information content (AvgIpc) is 3.20. The molecule has 1 atom stereocenters. The summed E-state index contributed by atoms with van der Waals surface area (Å²) in [5.41, 5.74) is 2.39. The van der Waals surface area contributed by atoms with Crippen molar-refractivity contribution in [2.24, 2.45) is 0 Å². The van der Waals surface area contributed by atoms with Crippen LogP contribution in [0.4, 0.5) is 18.9 Å². The lowest BCUT2D eigenvalue weighted by atomic mass is 9.95. The van der Waals surface area contributed by atoms with Crippen LogP contribution in [0.25, 0.3) is 11.3 Å². The second kappa shape index (κ2) is 6.30. The number of furan rings is 1. The van der Waals surface area contributed by atoms with Crippen LogP contribution in [0.15, 0.2) is 59.0 Å². The Hall–Kier alpha value is -3.02. The SMILES string of the molecule is Cc1ccc2c(c1)[C@@H](Cc1ccc(-c3cccc(C(F)(F)F)c3)o1)C(=O)N2. The number of nitrogens with one attached hydrogen (secondary N) is 1. The first-order chi connectivity index (χ1) is 12.8. The Morgan fingerprint density at radius 3 is 2.67 bits per heavy atom. The Labute approximate surface area is 153 Å². The Morgan fingerprint density at radius 2 is 1.89 bits per heavy atom. The highest BCUT2D eigenvalue weighted by atomic mass is 19.4.